The van der Waals surface area contributed by atoms with Crippen molar-refractivity contribution in [2.45, 2.75) is 25.7 Å². The maximum Gasteiger partial charge on any atom is 0.234 e. The molecule has 2 N–H and O–H groups in total. The molecule has 0 bridgehead atoms. The van der Waals surface area contributed by atoms with E-state index in [0.717, 1.165) is 16.8 Å². The second-order valence-corrected chi connectivity index (χ2v) is 6.18. The van der Waals surface area contributed by atoms with Gasteiger partial charge in [-0.2, -0.15) is 0 Å². The summed E-state index contributed by atoms with van der Waals surface area (Å²) in [7, 11) is 0. The number of nitrogens with one attached hydrogen (secondary N) is 2. The van der Waals surface area contributed by atoms with Crippen molar-refractivity contribution in [3.05, 3.63) is 59.4 Å². The number of hydrogen-bond donors (Lipinski definition) is 2. The largest absolute Gasteiger partial charge is 0.326 e. The number of hydrogen-bond acceptors (Lipinski definition) is 2. The molecule has 0 aliphatic carbocycles. The van der Waals surface area contributed by atoms with Crippen LogP contribution in [0.4, 0.5) is 15.8 Å². The third-order valence-electron chi connectivity index (χ3n) is 4.12. The molecule has 1 aliphatic rings. The van der Waals surface area contributed by atoms with E-state index in [0.29, 0.717) is 12.1 Å². The molecule has 0 unspecified atom stereocenters. The Balaban J connectivity index is 1.80. The van der Waals surface area contributed by atoms with Gasteiger partial charge in [0.2, 0.25) is 11.8 Å². The van der Waals surface area contributed by atoms with Crippen LogP contribution in [0.15, 0.2) is 42.5 Å². The van der Waals surface area contributed by atoms with E-state index in [1.165, 1.54) is 12.1 Å². The van der Waals surface area contributed by atoms with Crippen LogP contribution in [0.1, 0.15) is 25.0 Å². The lowest BCUT2D eigenvalue weighted by Gasteiger charge is -2.24. The van der Waals surface area contributed by atoms with Crippen LogP contribution in [0.3, 0.4) is 0 Å². The first-order valence-electron chi connectivity index (χ1n) is 7.36. The van der Waals surface area contributed by atoms with Gasteiger partial charge in [-0.3, -0.25) is 9.59 Å². The Morgan fingerprint density at radius 2 is 1.87 bits per heavy atom. The number of amides is 2. The third-order valence-corrected chi connectivity index (χ3v) is 4.12. The van der Waals surface area contributed by atoms with E-state index in [-0.39, 0.29) is 17.6 Å². The third kappa shape index (κ3) is 2.95. The molecule has 4 nitrogen and oxygen atoms in total. The van der Waals surface area contributed by atoms with Crippen molar-refractivity contribution < 1.29 is 14.0 Å². The number of carbonyl (C=O) groups excluding carboxylic acids is 2. The Morgan fingerprint density at radius 3 is 2.57 bits per heavy atom. The normalized spacial score (nSPS) is 13.4. The van der Waals surface area contributed by atoms with Crippen molar-refractivity contribution in [1.29, 1.82) is 0 Å². The minimum Gasteiger partial charge on any atom is -0.326 e. The standard InChI is InChI=1S/C18H17FN2O2/c1-18(2,12-3-5-13(19)6-4-12)17(23)20-14-7-8-15-11(9-14)10-16(22)21-15/h3-9H,10H2,1-2H3,(H,20,23)(H,21,22). The summed E-state index contributed by atoms with van der Waals surface area (Å²) < 4.78 is 13.0. The van der Waals surface area contributed by atoms with Gasteiger partial charge in [-0.1, -0.05) is 12.1 Å². The van der Waals surface area contributed by atoms with Gasteiger partial charge in [0.05, 0.1) is 11.8 Å². The SMILES string of the molecule is CC(C)(C(=O)Nc1ccc2c(c1)CC(=O)N2)c1ccc(F)cc1. The summed E-state index contributed by atoms with van der Waals surface area (Å²) >= 11 is 0. The van der Waals surface area contributed by atoms with Crippen molar-refractivity contribution in [1.82, 2.24) is 0 Å². The van der Waals surface area contributed by atoms with Crippen molar-refractivity contribution in [3.63, 3.8) is 0 Å². The molecule has 0 radical (unpaired) electrons. The Morgan fingerprint density at radius 1 is 1.17 bits per heavy atom. The quantitative estimate of drug-likeness (QED) is 0.914. The highest BCUT2D eigenvalue weighted by molar-refractivity contribution is 6.02. The van der Waals surface area contributed by atoms with Gasteiger partial charge in [-0.05, 0) is 55.3 Å². The van der Waals surface area contributed by atoms with Crippen molar-refractivity contribution in [3.8, 4) is 0 Å². The Bertz CT molecular complexity index is 782. The van der Waals surface area contributed by atoms with Gasteiger partial charge in [0, 0.05) is 11.4 Å². The molecule has 0 fully saturated rings. The summed E-state index contributed by atoms with van der Waals surface area (Å²) in [4.78, 5) is 24.0. The fourth-order valence-corrected chi connectivity index (χ4v) is 2.59. The number of anilines is 2. The number of fused-ring (bicyclic) bond motifs is 1. The number of halogens is 1. The van der Waals surface area contributed by atoms with Crippen LogP contribution in [-0.2, 0) is 21.4 Å². The topological polar surface area (TPSA) is 58.2 Å². The fraction of sp³-hybridized carbons (Fsp3) is 0.222. The van der Waals surface area contributed by atoms with Gasteiger partial charge >= 0.3 is 0 Å². The van der Waals surface area contributed by atoms with Crippen LogP contribution < -0.4 is 10.6 Å². The Kier molecular flexibility index (Phi) is 3.64. The first kappa shape index (κ1) is 15.2. The number of benzene rings is 2. The van der Waals surface area contributed by atoms with Gasteiger partial charge in [0.1, 0.15) is 5.82 Å². The van der Waals surface area contributed by atoms with E-state index in [4.69, 9.17) is 0 Å². The second-order valence-electron chi connectivity index (χ2n) is 6.18. The van der Waals surface area contributed by atoms with E-state index >= 15 is 0 Å². The van der Waals surface area contributed by atoms with Gasteiger partial charge in [-0.25, -0.2) is 4.39 Å². The minimum absolute atomic E-state index is 0.0462. The predicted molar refractivity (Wildman–Crippen MR) is 86.8 cm³/mol. The average molecular weight is 312 g/mol. The van der Waals surface area contributed by atoms with Gasteiger partial charge in [0.25, 0.3) is 0 Å². The second kappa shape index (κ2) is 5.50. The molecule has 2 aromatic rings. The summed E-state index contributed by atoms with van der Waals surface area (Å²) in [5.41, 5.74) is 2.22. The lowest BCUT2D eigenvalue weighted by molar-refractivity contribution is -0.120. The zero-order valence-corrected chi connectivity index (χ0v) is 12.9. The molecule has 1 aliphatic heterocycles. The summed E-state index contributed by atoms with van der Waals surface area (Å²) in [5, 5.41) is 5.62. The van der Waals surface area contributed by atoms with Gasteiger partial charge in [0.15, 0.2) is 0 Å². The van der Waals surface area contributed by atoms with Crippen LogP contribution in [0.5, 0.6) is 0 Å². The molecule has 5 heteroatoms. The fourth-order valence-electron chi connectivity index (χ4n) is 2.59. The minimum atomic E-state index is -0.805. The van der Waals surface area contributed by atoms with Crippen LogP contribution in [0, 0.1) is 5.82 Å². The molecular formula is C18H17FN2O2. The first-order valence-corrected chi connectivity index (χ1v) is 7.36. The molecule has 118 valence electrons. The zero-order valence-electron chi connectivity index (χ0n) is 12.9. The highest BCUT2D eigenvalue weighted by Gasteiger charge is 2.30. The Hall–Kier alpha value is -2.69. The number of carbonyl (C=O) groups is 2. The molecule has 2 aromatic carbocycles. The number of rotatable bonds is 3. The Labute approximate surface area is 133 Å². The molecule has 0 spiro atoms. The summed E-state index contributed by atoms with van der Waals surface area (Å²) in [6.07, 6.45) is 0.320. The highest BCUT2D eigenvalue weighted by Crippen LogP contribution is 2.29. The summed E-state index contributed by atoms with van der Waals surface area (Å²) in [6, 6.07) is 11.2. The van der Waals surface area contributed by atoms with E-state index < -0.39 is 5.41 Å². The molecule has 0 atom stereocenters. The molecule has 23 heavy (non-hydrogen) atoms. The monoisotopic (exact) mass is 312 g/mol. The van der Waals surface area contributed by atoms with Crippen LogP contribution in [-0.4, -0.2) is 11.8 Å². The maximum absolute atomic E-state index is 13.0. The molecular weight excluding hydrogens is 295 g/mol. The molecule has 0 aromatic heterocycles. The van der Waals surface area contributed by atoms with E-state index in [1.807, 2.05) is 0 Å². The smallest absolute Gasteiger partial charge is 0.234 e. The van der Waals surface area contributed by atoms with E-state index in [1.54, 1.807) is 44.2 Å². The first-order chi connectivity index (χ1) is 10.9. The lowest BCUT2D eigenvalue weighted by Crippen LogP contribution is -2.34. The van der Waals surface area contributed by atoms with E-state index in [9.17, 15) is 14.0 Å². The van der Waals surface area contributed by atoms with Gasteiger partial charge < -0.3 is 10.6 Å². The van der Waals surface area contributed by atoms with E-state index in [2.05, 4.69) is 10.6 Å². The molecule has 3 rings (SSSR count). The van der Waals surface area contributed by atoms with Crippen molar-refractivity contribution in [2.75, 3.05) is 10.6 Å². The summed E-state index contributed by atoms with van der Waals surface area (Å²) in [6.45, 7) is 3.57. The van der Waals surface area contributed by atoms with Gasteiger partial charge in [-0.15, -0.1) is 0 Å². The zero-order chi connectivity index (χ0) is 16.6. The molecule has 1 heterocycles. The molecule has 0 saturated heterocycles. The van der Waals surface area contributed by atoms with Crippen molar-refractivity contribution >= 4 is 23.2 Å². The predicted octanol–water partition coefficient (Wildman–Crippen LogP) is 3.24. The molecule has 0 saturated carbocycles. The van der Waals surface area contributed by atoms with Crippen LogP contribution >= 0.6 is 0 Å². The highest BCUT2D eigenvalue weighted by atomic mass is 19.1. The summed E-state index contributed by atoms with van der Waals surface area (Å²) in [5.74, 6) is -0.572. The van der Waals surface area contributed by atoms with Crippen LogP contribution in [0.2, 0.25) is 0 Å². The lowest BCUT2D eigenvalue weighted by atomic mass is 9.83. The molecule has 2 amide bonds. The van der Waals surface area contributed by atoms with Crippen LogP contribution in [0.25, 0.3) is 0 Å². The average Bonchev–Trinajstić information content (AvgIpc) is 2.87. The van der Waals surface area contributed by atoms with Crippen molar-refractivity contribution in [2.24, 2.45) is 0 Å². The maximum atomic E-state index is 13.0.